The molecule has 0 bridgehead atoms. The van der Waals surface area contributed by atoms with Crippen molar-refractivity contribution < 1.29 is 52.8 Å². The summed E-state index contributed by atoms with van der Waals surface area (Å²) in [6.07, 6.45) is 23.5. The number of rotatable bonds is 21. The lowest BCUT2D eigenvalue weighted by Gasteiger charge is -2.44. The lowest BCUT2D eigenvalue weighted by Crippen LogP contribution is -2.53. The molecule has 3 saturated heterocycles. The van der Waals surface area contributed by atoms with Gasteiger partial charge in [0.25, 0.3) is 30.1 Å². The number of aromatic nitrogens is 18. The van der Waals surface area contributed by atoms with Gasteiger partial charge in [-0.25, -0.2) is 57.2 Å². The number of aryl methyl sites for hydroxylation is 3. The van der Waals surface area contributed by atoms with Crippen LogP contribution >= 0.6 is 0 Å². The fourth-order valence-electron chi connectivity index (χ4n) is 16.3. The van der Waals surface area contributed by atoms with Gasteiger partial charge in [0.2, 0.25) is 10.1 Å². The highest BCUT2D eigenvalue weighted by molar-refractivity contribution is 7.89. The number of piperidine rings is 3. The lowest BCUT2D eigenvalue weighted by atomic mass is 9.65. The van der Waals surface area contributed by atoms with Gasteiger partial charge in [-0.1, -0.05) is 66.1 Å². The summed E-state index contributed by atoms with van der Waals surface area (Å²) in [6.45, 7) is 7.74. The highest BCUT2D eigenvalue weighted by Crippen LogP contribution is 2.51. The van der Waals surface area contributed by atoms with Crippen LogP contribution in [0.25, 0.3) is 35.3 Å². The quantitative estimate of drug-likeness (QED) is 0.0603. The van der Waals surface area contributed by atoms with Crippen LogP contribution in [0.5, 0.6) is 0 Å². The van der Waals surface area contributed by atoms with Gasteiger partial charge in [-0.3, -0.25) is 34.0 Å². The topological polar surface area (TPSA) is 348 Å². The number of sulfonamides is 3. The second-order valence-corrected chi connectivity index (χ2v) is 35.1. The van der Waals surface area contributed by atoms with Crippen molar-refractivity contribution >= 4 is 65.6 Å². The number of nitrogens with zero attached hydrogens (tertiary/aromatic N) is 21. The molecular weight excluding hydrogens is 1560 g/mol. The smallest absolute Gasteiger partial charge is 0.264 e. The predicted octanol–water partition coefficient (Wildman–Crippen LogP) is 9.93. The van der Waals surface area contributed by atoms with Crippen molar-refractivity contribution in [3.05, 3.63) is 268 Å². The molecule has 117 heavy (non-hydrogen) atoms. The highest BCUT2D eigenvalue weighted by atomic mass is 32.2. The Labute approximate surface area is 670 Å². The van der Waals surface area contributed by atoms with Gasteiger partial charge in [-0.2, -0.15) is 38.1 Å². The Kier molecular flexibility index (Phi) is 21.4. The molecule has 3 aromatic carbocycles. The summed E-state index contributed by atoms with van der Waals surface area (Å²) in [4.78, 5) is 56.8. The second kappa shape index (κ2) is 31.8. The Hall–Kier alpha value is -12.1. The fourth-order valence-corrected chi connectivity index (χ4v) is 20.6. The summed E-state index contributed by atoms with van der Waals surface area (Å²) >= 11 is 0. The monoisotopic (exact) mass is 1640 g/mol. The first-order valence-corrected chi connectivity index (χ1v) is 42.5. The Morgan fingerprint density at radius 1 is 0.427 bits per heavy atom. The van der Waals surface area contributed by atoms with Crippen LogP contribution in [0.2, 0.25) is 0 Å². The largest absolute Gasteiger partial charge is 0.291 e. The van der Waals surface area contributed by atoms with E-state index < -0.39 is 46.3 Å². The molecule has 18 rings (SSSR count). The molecule has 30 nitrogen and oxygen atoms in total. The molecule has 3 atom stereocenters. The molecule has 0 saturated carbocycles. The molecule has 12 heterocycles. The van der Waals surface area contributed by atoms with Crippen LogP contribution in [0.4, 0.5) is 13.2 Å². The third kappa shape index (κ3) is 14.7. The summed E-state index contributed by atoms with van der Waals surface area (Å²) in [7, 11) is -12.0. The number of benzene rings is 3. The Morgan fingerprint density at radius 3 is 1.19 bits per heavy atom. The van der Waals surface area contributed by atoms with Crippen molar-refractivity contribution in [2.45, 2.75) is 113 Å². The Balaban J connectivity index is 0.000000131. The van der Waals surface area contributed by atoms with E-state index in [2.05, 4.69) is 61.1 Å². The van der Waals surface area contributed by atoms with E-state index in [-0.39, 0.29) is 125 Å². The molecule has 0 spiro atoms. The van der Waals surface area contributed by atoms with Crippen LogP contribution in [-0.4, -0.2) is 184 Å². The maximum Gasteiger partial charge on any atom is 0.264 e. The van der Waals surface area contributed by atoms with Gasteiger partial charge in [0.1, 0.15) is 34.5 Å². The van der Waals surface area contributed by atoms with E-state index in [1.807, 2.05) is 39.0 Å². The molecule has 3 aliphatic carbocycles. The summed E-state index contributed by atoms with van der Waals surface area (Å²) in [5.74, 6) is -1.77. The molecule has 600 valence electrons. The molecule has 3 aliphatic heterocycles. The molecule has 0 radical (unpaired) electrons. The maximum atomic E-state index is 14.2. The number of carbonyl (C=O) groups is 3. The van der Waals surface area contributed by atoms with Crippen LogP contribution in [0.3, 0.4) is 0 Å². The van der Waals surface area contributed by atoms with Crippen LogP contribution < -0.4 is 0 Å². The highest BCUT2D eigenvalue weighted by Gasteiger charge is 2.55. The summed E-state index contributed by atoms with van der Waals surface area (Å²) in [5, 5.41) is 37.3. The molecule has 12 aromatic rings. The van der Waals surface area contributed by atoms with Crippen molar-refractivity contribution in [3.8, 4) is 17.1 Å². The zero-order chi connectivity index (χ0) is 81.6. The minimum Gasteiger partial charge on any atom is -0.291 e. The molecule has 0 unspecified atom stereocenters. The molecular formula is C81H78F3N21O9S3. The number of halogens is 3. The first kappa shape index (κ1) is 78.8. The van der Waals surface area contributed by atoms with Crippen molar-refractivity contribution in [1.82, 2.24) is 102 Å². The molecule has 9 aromatic heterocycles. The first-order chi connectivity index (χ1) is 56.5. The van der Waals surface area contributed by atoms with E-state index in [1.54, 1.807) is 142 Å². The van der Waals surface area contributed by atoms with Gasteiger partial charge in [0, 0.05) is 70.9 Å². The standard InChI is InChI=1S/3C27H26FN7O3S/c1-2-12-34-25(17-30-32-34)39(37,38)33-13-10-20-14-24-19(16-31-35(24)22-8-6-21(28)7-9-22)15-27(20,18-33)26(36)23-5-3-4-11-29-23;1-2-12-34-30-17-25(32-34)39(37,38)33-13-10-20-14-24-19(16-31-35(24)22-8-6-21(28)7-9-22)15-27(20,18-33)26(36)23-5-3-4-11-29-23;1-2-12-33-17-25(31-32-33)39(37,38)34-13-10-20-14-24-19(16-30-35(24)22-8-6-21(28)7-9-22)15-27(20,18-34)26(36)23-5-3-4-11-29-23/h3*3-9,11,14,16-17H,2,10,12-13,15,18H2,1H3/t3*27-/m000/s1. The molecule has 6 aliphatic rings. The Morgan fingerprint density at radius 2 is 0.812 bits per heavy atom. The summed E-state index contributed by atoms with van der Waals surface area (Å²) in [5.41, 5.74) is 6.60. The molecule has 0 N–H and O–H groups in total. The third-order valence-electron chi connectivity index (χ3n) is 22.1. The van der Waals surface area contributed by atoms with Gasteiger partial charge in [0.15, 0.2) is 22.4 Å². The van der Waals surface area contributed by atoms with E-state index in [9.17, 15) is 52.8 Å². The second-order valence-electron chi connectivity index (χ2n) is 29.4. The number of ketones is 3. The van der Waals surface area contributed by atoms with E-state index >= 15 is 0 Å². The van der Waals surface area contributed by atoms with Crippen molar-refractivity contribution in [2.24, 2.45) is 16.2 Å². The predicted molar refractivity (Wildman–Crippen MR) is 420 cm³/mol. The Bertz CT molecular complexity index is 5980. The molecule has 0 amide bonds. The zero-order valence-electron chi connectivity index (χ0n) is 63.7. The SMILES string of the molecule is CCCn1cc(S(=O)(=O)N2CCC3=Cc4c(cnn4-c4ccc(F)cc4)C[C@]3(C(=O)c3ccccn3)C2)nn1.CCCn1ncc(S(=O)(=O)N2CCC3=Cc4c(cnn4-c4ccc(F)cc4)C[C@]3(C(=O)c3ccccn3)C2)n1.CCCn1nncc1S(=O)(=O)N1CCC2=Cc3c(cnn3-c3ccc(F)cc3)C[C@]2(C(=O)c2ccccn2)C1. The number of carbonyl (C=O) groups excluding carboxylic acids is 3. The minimum atomic E-state index is -4.00. The van der Waals surface area contributed by atoms with E-state index in [4.69, 9.17) is 0 Å². The number of fused-ring (bicyclic) bond motifs is 6. The van der Waals surface area contributed by atoms with Gasteiger partial charge in [0.05, 0.1) is 94.1 Å². The van der Waals surface area contributed by atoms with Gasteiger partial charge < -0.3 is 0 Å². The maximum absolute atomic E-state index is 14.2. The van der Waals surface area contributed by atoms with Crippen LogP contribution in [0.15, 0.2) is 215 Å². The fraction of sp³-hybridized carbons (Fsp3) is 0.296. The normalized spacial score (nSPS) is 19.3. The average Bonchev–Trinajstić information content (AvgIpc) is 1.72. The van der Waals surface area contributed by atoms with Crippen LogP contribution in [0, 0.1) is 33.7 Å². The van der Waals surface area contributed by atoms with Gasteiger partial charge in [-0.05, 0) is 202 Å². The van der Waals surface area contributed by atoms with Crippen LogP contribution in [-0.2, 0) is 69.0 Å². The van der Waals surface area contributed by atoms with Crippen molar-refractivity contribution in [1.29, 1.82) is 0 Å². The number of hydrogen-bond donors (Lipinski definition) is 0. The van der Waals surface area contributed by atoms with E-state index in [0.717, 1.165) is 63.3 Å². The van der Waals surface area contributed by atoms with E-state index in [0.29, 0.717) is 62.4 Å². The molecule has 3 fully saturated rings. The number of pyridine rings is 3. The lowest BCUT2D eigenvalue weighted by molar-refractivity contribution is 0.0763. The number of hydrogen-bond acceptors (Lipinski definition) is 21. The van der Waals surface area contributed by atoms with E-state index in [1.165, 1.54) is 82.1 Å². The molecule has 36 heteroatoms. The van der Waals surface area contributed by atoms with Crippen molar-refractivity contribution in [2.75, 3.05) is 39.3 Å². The third-order valence-corrected chi connectivity index (χ3v) is 27.3. The van der Waals surface area contributed by atoms with Gasteiger partial charge >= 0.3 is 0 Å². The van der Waals surface area contributed by atoms with Crippen LogP contribution in [0.1, 0.15) is 125 Å². The number of Topliss-reactive ketones (excluding diaryl/α,β-unsaturated/α-hetero) is 3. The average molecular weight is 1640 g/mol. The summed E-state index contributed by atoms with van der Waals surface area (Å²) in [6, 6.07) is 33.4. The zero-order valence-corrected chi connectivity index (χ0v) is 66.2. The summed E-state index contributed by atoms with van der Waals surface area (Å²) < 4.78 is 135. The van der Waals surface area contributed by atoms with Gasteiger partial charge in [-0.15, -0.1) is 15.3 Å². The minimum absolute atomic E-state index is 0.0119. The van der Waals surface area contributed by atoms with Crippen molar-refractivity contribution in [3.63, 3.8) is 0 Å². The first-order valence-electron chi connectivity index (χ1n) is 38.2.